The van der Waals surface area contributed by atoms with Gasteiger partial charge in [-0.2, -0.15) is 4.98 Å². The topological polar surface area (TPSA) is 154 Å². The molecule has 0 unspecified atom stereocenters. The van der Waals surface area contributed by atoms with E-state index in [0.29, 0.717) is 31.2 Å². The Morgan fingerprint density at radius 1 is 1.07 bits per heavy atom. The first-order valence-electron chi connectivity index (χ1n) is 22.3. The second kappa shape index (κ2) is 19.5. The quantitative estimate of drug-likeness (QED) is 0.0725. The normalized spacial score (nSPS) is 23.4. The number of hydrogen-bond acceptors (Lipinski definition) is 10. The molecule has 61 heavy (non-hydrogen) atoms. The number of amides is 3. The highest BCUT2D eigenvalue weighted by Crippen LogP contribution is 2.46. The summed E-state index contributed by atoms with van der Waals surface area (Å²) in [6.45, 7) is 20.9. The molecule has 2 saturated carbocycles. The Morgan fingerprint density at radius 2 is 1.82 bits per heavy atom. The van der Waals surface area contributed by atoms with Gasteiger partial charge in [0.1, 0.15) is 39.9 Å². The molecule has 13 nitrogen and oxygen atoms in total. The molecule has 0 radical (unpaired) electrons. The SMILES string of the molecule is C=CCCCCC[C@H](NC(=O)OC(C)(C)C)C(=O)N1C[C@H](Oc2nc3c(-c4nc(C5CCCCC5)cs4)cccc3n2C(C)C)[C@@H](C)[C@H]1C(=O)N[C@]1(C(=O)OCC)C[C@H]1C=C. The lowest BCUT2D eigenvalue weighted by molar-refractivity contribution is -0.150. The van der Waals surface area contributed by atoms with E-state index < -0.39 is 59.1 Å². The fourth-order valence-corrected chi connectivity index (χ4v) is 9.90. The van der Waals surface area contributed by atoms with Crippen LogP contribution in [0.25, 0.3) is 21.6 Å². The maximum atomic E-state index is 14.9. The minimum atomic E-state index is -1.28. The Hall–Kier alpha value is -4.72. The van der Waals surface area contributed by atoms with Gasteiger partial charge in [-0.25, -0.2) is 14.6 Å². The van der Waals surface area contributed by atoms with Crippen LogP contribution in [-0.4, -0.2) is 85.8 Å². The molecule has 3 heterocycles. The molecule has 1 aliphatic heterocycles. The van der Waals surface area contributed by atoms with Crippen molar-refractivity contribution in [2.24, 2.45) is 11.8 Å². The second-order valence-electron chi connectivity index (χ2n) is 18.2. The van der Waals surface area contributed by atoms with E-state index in [1.54, 1.807) is 45.1 Å². The Bertz CT molecular complexity index is 2060. The first kappa shape index (κ1) is 45.8. The molecule has 14 heteroatoms. The standard InChI is InChI=1S/C47H66N6O7S/c1-10-13-14-15-19-24-34(49-45(57)60-46(7,8)9)42(55)52-27-37(30(6)39(52)40(54)51-47(26-32(47)11-2)43(56)58-12-3)59-44-50-38-33(23-20-25-36(38)53(44)29(4)5)41-48-35(28-61-41)31-21-17-16-18-22-31/h10-11,20,23,25,28-32,34,37,39H,1-2,12-19,21-22,24,26-27H2,3-9H3,(H,49,57)(H,51,54)/t30-,32-,34+,37+,39+,47-/m1/s1. The lowest BCUT2D eigenvalue weighted by Gasteiger charge is -2.31. The maximum Gasteiger partial charge on any atom is 0.408 e. The third-order valence-corrected chi connectivity index (χ3v) is 13.2. The Kier molecular flexibility index (Phi) is 14.7. The largest absolute Gasteiger partial charge is 0.464 e. The van der Waals surface area contributed by atoms with Crippen molar-refractivity contribution >= 4 is 46.2 Å². The lowest BCUT2D eigenvalue weighted by atomic mass is 9.87. The minimum Gasteiger partial charge on any atom is -0.464 e. The summed E-state index contributed by atoms with van der Waals surface area (Å²) in [5.74, 6) is -1.89. The zero-order valence-corrected chi connectivity index (χ0v) is 38.0. The van der Waals surface area contributed by atoms with Crippen molar-refractivity contribution in [3.05, 3.63) is 54.6 Å². The number of nitrogens with one attached hydrogen (secondary N) is 2. The van der Waals surface area contributed by atoms with Gasteiger partial charge in [-0.1, -0.05) is 57.2 Å². The monoisotopic (exact) mass is 858 g/mol. The zero-order valence-electron chi connectivity index (χ0n) is 37.2. The van der Waals surface area contributed by atoms with Gasteiger partial charge in [0.2, 0.25) is 11.8 Å². The van der Waals surface area contributed by atoms with E-state index in [9.17, 15) is 19.2 Å². The Labute approximate surface area is 365 Å². The number of imidazole rings is 1. The molecule has 1 saturated heterocycles. The highest BCUT2D eigenvalue weighted by Gasteiger charge is 2.62. The van der Waals surface area contributed by atoms with Crippen LogP contribution in [0.2, 0.25) is 0 Å². The number of benzene rings is 1. The molecule has 2 aromatic heterocycles. The molecular weight excluding hydrogens is 793 g/mol. The number of esters is 1. The number of unbranched alkanes of at least 4 members (excludes halogenated alkanes) is 3. The van der Waals surface area contributed by atoms with Crippen LogP contribution < -0.4 is 15.4 Å². The number of fused-ring (bicyclic) bond motifs is 1. The molecule has 6 atom stereocenters. The highest BCUT2D eigenvalue weighted by molar-refractivity contribution is 7.13. The summed E-state index contributed by atoms with van der Waals surface area (Å²) in [6.07, 6.45) is 12.0. The van der Waals surface area contributed by atoms with Crippen LogP contribution in [0.1, 0.15) is 137 Å². The average Bonchev–Trinajstić information content (AvgIpc) is 3.48. The fourth-order valence-electron chi connectivity index (χ4n) is 8.97. The average molecular weight is 859 g/mol. The van der Waals surface area contributed by atoms with Crippen molar-refractivity contribution in [1.29, 1.82) is 0 Å². The van der Waals surface area contributed by atoms with Crippen molar-refractivity contribution in [2.75, 3.05) is 13.2 Å². The second-order valence-corrected chi connectivity index (χ2v) is 19.1. The predicted octanol–water partition coefficient (Wildman–Crippen LogP) is 9.04. The molecule has 2 N–H and O–H groups in total. The Morgan fingerprint density at radius 3 is 2.48 bits per heavy atom. The van der Waals surface area contributed by atoms with Crippen molar-refractivity contribution in [3.8, 4) is 16.6 Å². The van der Waals surface area contributed by atoms with Crippen molar-refractivity contribution < 1.29 is 33.4 Å². The van der Waals surface area contributed by atoms with E-state index in [1.165, 1.54) is 24.2 Å². The third-order valence-electron chi connectivity index (χ3n) is 12.3. The van der Waals surface area contributed by atoms with Gasteiger partial charge in [-0.05, 0) is 92.2 Å². The van der Waals surface area contributed by atoms with E-state index >= 15 is 0 Å². The number of allylic oxidation sites excluding steroid dienone is 1. The molecule has 3 aromatic rings. The molecule has 332 valence electrons. The number of para-hydroxylation sites is 1. The highest BCUT2D eigenvalue weighted by atomic mass is 32.1. The number of aromatic nitrogens is 3. The molecule has 3 amide bonds. The van der Waals surface area contributed by atoms with Crippen molar-refractivity contribution in [3.63, 3.8) is 0 Å². The van der Waals surface area contributed by atoms with Gasteiger partial charge in [0, 0.05) is 34.7 Å². The van der Waals surface area contributed by atoms with Crippen molar-refractivity contribution in [1.82, 2.24) is 30.1 Å². The summed E-state index contributed by atoms with van der Waals surface area (Å²) in [4.78, 5) is 67.8. The van der Waals surface area contributed by atoms with Crippen molar-refractivity contribution in [2.45, 2.75) is 160 Å². The van der Waals surface area contributed by atoms with E-state index in [1.807, 2.05) is 29.7 Å². The van der Waals surface area contributed by atoms with E-state index in [4.69, 9.17) is 24.2 Å². The van der Waals surface area contributed by atoms with E-state index in [2.05, 4.69) is 49.1 Å². The molecular formula is C47H66N6O7S. The number of hydrogen-bond donors (Lipinski definition) is 2. The van der Waals surface area contributed by atoms with Gasteiger partial charge in [0.15, 0.2) is 0 Å². The van der Waals surface area contributed by atoms with Gasteiger partial charge in [0.25, 0.3) is 6.01 Å². The number of likely N-dealkylation sites (tertiary alicyclic amines) is 1. The van der Waals surface area contributed by atoms with Crippen LogP contribution >= 0.6 is 11.3 Å². The summed E-state index contributed by atoms with van der Waals surface area (Å²) >= 11 is 1.64. The molecule has 0 bridgehead atoms. The number of carbonyl (C=O) groups is 4. The van der Waals surface area contributed by atoms with Gasteiger partial charge in [-0.15, -0.1) is 24.5 Å². The predicted molar refractivity (Wildman–Crippen MR) is 238 cm³/mol. The Balaban J connectivity index is 1.34. The van der Waals surface area contributed by atoms with E-state index in [0.717, 1.165) is 59.4 Å². The summed E-state index contributed by atoms with van der Waals surface area (Å²) in [7, 11) is 0. The molecule has 2 aliphatic carbocycles. The fraction of sp³-hybridized carbons (Fsp3) is 0.617. The van der Waals surface area contributed by atoms with Crippen LogP contribution in [0.15, 0.2) is 48.9 Å². The smallest absolute Gasteiger partial charge is 0.408 e. The third kappa shape index (κ3) is 10.3. The first-order valence-corrected chi connectivity index (χ1v) is 23.2. The number of alkyl carbamates (subject to hydrolysis) is 1. The number of thiazole rings is 1. The van der Waals surface area contributed by atoms with Crippen LogP contribution in [-0.2, 0) is 23.9 Å². The number of carbonyl (C=O) groups excluding carboxylic acids is 4. The van der Waals surface area contributed by atoms with Gasteiger partial charge < -0.3 is 29.7 Å². The summed E-state index contributed by atoms with van der Waals surface area (Å²) in [6, 6.07) is 4.38. The van der Waals surface area contributed by atoms with Crippen LogP contribution in [0, 0.1) is 11.8 Å². The summed E-state index contributed by atoms with van der Waals surface area (Å²) in [5.41, 5.74) is 1.66. The molecule has 1 aromatic carbocycles. The number of nitrogens with zero attached hydrogens (tertiary/aromatic N) is 4. The minimum absolute atomic E-state index is 0.0315. The zero-order chi connectivity index (χ0) is 44.1. The van der Waals surface area contributed by atoms with Crippen LogP contribution in [0.4, 0.5) is 4.79 Å². The molecule has 3 fully saturated rings. The molecule has 3 aliphatic rings. The summed E-state index contributed by atoms with van der Waals surface area (Å²) in [5, 5.41) is 8.92. The number of rotatable bonds is 18. The lowest BCUT2D eigenvalue weighted by Crippen LogP contribution is -2.57. The van der Waals surface area contributed by atoms with Gasteiger partial charge in [0.05, 0.1) is 24.4 Å². The molecule has 0 spiro atoms. The maximum absolute atomic E-state index is 14.9. The van der Waals surface area contributed by atoms with E-state index in [-0.39, 0.29) is 25.1 Å². The van der Waals surface area contributed by atoms with Crippen LogP contribution in [0.3, 0.4) is 0 Å². The van der Waals surface area contributed by atoms with Gasteiger partial charge in [-0.3, -0.25) is 14.2 Å². The van der Waals surface area contributed by atoms with Gasteiger partial charge >= 0.3 is 12.1 Å². The van der Waals surface area contributed by atoms with Crippen LogP contribution in [0.5, 0.6) is 6.01 Å². The number of ether oxygens (including phenoxy) is 3. The summed E-state index contributed by atoms with van der Waals surface area (Å²) < 4.78 is 19.9. The molecule has 6 rings (SSSR count). The first-order chi connectivity index (χ1) is 29.1.